The number of hydrogen-bond acceptors (Lipinski definition) is 3. The first kappa shape index (κ1) is 11.6. The molecule has 2 aromatic heterocycles. The van der Waals surface area contributed by atoms with Gasteiger partial charge in [0.05, 0.1) is 11.4 Å². The third-order valence-electron chi connectivity index (χ3n) is 2.58. The van der Waals surface area contributed by atoms with Gasteiger partial charge in [-0.15, -0.1) is 0 Å². The molecule has 0 aliphatic rings. The number of hydrogen-bond donors (Lipinski definition) is 1. The van der Waals surface area contributed by atoms with Crippen LogP contribution in [0.5, 0.6) is 0 Å². The van der Waals surface area contributed by atoms with E-state index in [4.69, 9.17) is 0 Å². The van der Waals surface area contributed by atoms with Crippen LogP contribution in [-0.2, 0) is 7.05 Å². The van der Waals surface area contributed by atoms with Gasteiger partial charge in [-0.05, 0) is 30.5 Å². The number of aromatic nitrogens is 3. The fourth-order valence-corrected chi connectivity index (χ4v) is 1.77. The fraction of sp³-hybridized carbons (Fsp3) is 0.385. The largest absolute Gasteiger partial charge is 0.337 e. The average Bonchev–Trinajstić information content (AvgIpc) is 2.59. The summed E-state index contributed by atoms with van der Waals surface area (Å²) in [4.78, 5) is 4.30. The molecule has 0 spiro atoms. The van der Waals surface area contributed by atoms with Crippen LogP contribution in [0, 0.1) is 6.92 Å². The molecular formula is C13H18N4. The SMILES string of the molecule is Cc1ccnc(Nc2cn(C)nc2C(C)C)c1. The highest BCUT2D eigenvalue weighted by Crippen LogP contribution is 2.24. The molecule has 0 atom stereocenters. The summed E-state index contributed by atoms with van der Waals surface area (Å²) in [5.41, 5.74) is 3.29. The van der Waals surface area contributed by atoms with Crippen LogP contribution in [0.25, 0.3) is 0 Å². The van der Waals surface area contributed by atoms with Crippen molar-refractivity contribution in [2.24, 2.45) is 7.05 Å². The van der Waals surface area contributed by atoms with Gasteiger partial charge in [-0.2, -0.15) is 5.10 Å². The molecule has 0 unspecified atom stereocenters. The normalized spacial score (nSPS) is 10.9. The van der Waals surface area contributed by atoms with E-state index in [0.29, 0.717) is 5.92 Å². The second-order valence-corrected chi connectivity index (χ2v) is 4.60. The molecule has 0 fully saturated rings. The highest BCUT2D eigenvalue weighted by atomic mass is 15.3. The van der Waals surface area contributed by atoms with Crippen molar-refractivity contribution in [3.63, 3.8) is 0 Å². The fourth-order valence-electron chi connectivity index (χ4n) is 1.77. The molecule has 2 rings (SSSR count). The first-order valence-electron chi connectivity index (χ1n) is 5.79. The number of aryl methyl sites for hydroxylation is 2. The third-order valence-corrected chi connectivity index (χ3v) is 2.58. The number of nitrogens with one attached hydrogen (secondary N) is 1. The molecular weight excluding hydrogens is 212 g/mol. The van der Waals surface area contributed by atoms with Crippen LogP contribution in [-0.4, -0.2) is 14.8 Å². The molecule has 0 aliphatic carbocycles. The van der Waals surface area contributed by atoms with Gasteiger partial charge in [0.2, 0.25) is 0 Å². The number of anilines is 2. The summed E-state index contributed by atoms with van der Waals surface area (Å²) >= 11 is 0. The van der Waals surface area contributed by atoms with E-state index in [-0.39, 0.29) is 0 Å². The van der Waals surface area contributed by atoms with Crippen LogP contribution in [0.2, 0.25) is 0 Å². The molecule has 90 valence electrons. The Morgan fingerprint density at radius 2 is 2.12 bits per heavy atom. The van der Waals surface area contributed by atoms with E-state index in [1.807, 2.05) is 36.3 Å². The molecule has 0 saturated heterocycles. The zero-order valence-electron chi connectivity index (χ0n) is 10.7. The lowest BCUT2D eigenvalue weighted by atomic mass is 10.1. The highest BCUT2D eigenvalue weighted by Gasteiger charge is 2.11. The Hall–Kier alpha value is -1.84. The van der Waals surface area contributed by atoms with E-state index in [1.165, 1.54) is 5.56 Å². The molecule has 0 bridgehead atoms. The second kappa shape index (κ2) is 4.57. The lowest BCUT2D eigenvalue weighted by Crippen LogP contribution is -1.98. The molecule has 17 heavy (non-hydrogen) atoms. The summed E-state index contributed by atoms with van der Waals surface area (Å²) in [6.07, 6.45) is 3.79. The number of rotatable bonds is 3. The topological polar surface area (TPSA) is 42.7 Å². The van der Waals surface area contributed by atoms with Crippen LogP contribution in [0.3, 0.4) is 0 Å². The van der Waals surface area contributed by atoms with Gasteiger partial charge in [-0.3, -0.25) is 4.68 Å². The van der Waals surface area contributed by atoms with Crippen LogP contribution < -0.4 is 5.32 Å². The Kier molecular flexibility index (Phi) is 3.13. The highest BCUT2D eigenvalue weighted by molar-refractivity contribution is 5.59. The summed E-state index contributed by atoms with van der Waals surface area (Å²) in [5.74, 6) is 1.25. The van der Waals surface area contributed by atoms with Crippen molar-refractivity contribution in [2.45, 2.75) is 26.7 Å². The van der Waals surface area contributed by atoms with E-state index < -0.39 is 0 Å². The summed E-state index contributed by atoms with van der Waals surface area (Å²) in [6, 6.07) is 4.01. The zero-order valence-corrected chi connectivity index (χ0v) is 10.7. The van der Waals surface area contributed by atoms with Crippen molar-refractivity contribution >= 4 is 11.5 Å². The molecule has 1 N–H and O–H groups in total. The van der Waals surface area contributed by atoms with Crippen LogP contribution in [0.4, 0.5) is 11.5 Å². The zero-order chi connectivity index (χ0) is 12.4. The predicted octanol–water partition coefficient (Wildman–Crippen LogP) is 2.99. The van der Waals surface area contributed by atoms with Crippen LogP contribution in [0.15, 0.2) is 24.5 Å². The first-order valence-corrected chi connectivity index (χ1v) is 5.79. The van der Waals surface area contributed by atoms with Crippen molar-refractivity contribution in [2.75, 3.05) is 5.32 Å². The van der Waals surface area contributed by atoms with Gasteiger partial charge in [0, 0.05) is 19.4 Å². The second-order valence-electron chi connectivity index (χ2n) is 4.60. The van der Waals surface area contributed by atoms with Crippen molar-refractivity contribution < 1.29 is 0 Å². The quantitative estimate of drug-likeness (QED) is 0.881. The van der Waals surface area contributed by atoms with Crippen molar-refractivity contribution in [1.29, 1.82) is 0 Å². The minimum Gasteiger partial charge on any atom is -0.337 e. The Labute approximate surface area is 102 Å². The van der Waals surface area contributed by atoms with Crippen molar-refractivity contribution in [3.05, 3.63) is 35.8 Å². The average molecular weight is 230 g/mol. The standard InChI is InChI=1S/C13H18N4/c1-9(2)13-11(8-17(4)16-13)15-12-7-10(3)5-6-14-12/h5-9H,1-4H3,(H,14,15). The monoisotopic (exact) mass is 230 g/mol. The Morgan fingerprint density at radius 3 is 2.76 bits per heavy atom. The summed E-state index contributed by atoms with van der Waals surface area (Å²) in [5, 5.41) is 7.78. The lowest BCUT2D eigenvalue weighted by Gasteiger charge is -2.07. The molecule has 0 aromatic carbocycles. The smallest absolute Gasteiger partial charge is 0.130 e. The molecule has 0 saturated carbocycles. The maximum atomic E-state index is 4.46. The van der Waals surface area contributed by atoms with Crippen LogP contribution in [0.1, 0.15) is 31.0 Å². The van der Waals surface area contributed by atoms with Gasteiger partial charge in [-0.25, -0.2) is 4.98 Å². The lowest BCUT2D eigenvalue weighted by molar-refractivity contribution is 0.713. The Morgan fingerprint density at radius 1 is 1.35 bits per heavy atom. The third kappa shape index (κ3) is 2.64. The number of pyridine rings is 1. The molecule has 4 nitrogen and oxygen atoms in total. The minimum absolute atomic E-state index is 0.392. The van der Waals surface area contributed by atoms with Gasteiger partial charge in [0.1, 0.15) is 5.82 Å². The number of nitrogens with zero attached hydrogens (tertiary/aromatic N) is 3. The Balaban J connectivity index is 2.29. The molecule has 0 aliphatic heterocycles. The summed E-state index contributed by atoms with van der Waals surface area (Å²) < 4.78 is 1.83. The van der Waals surface area contributed by atoms with Gasteiger partial charge in [0.15, 0.2) is 0 Å². The maximum absolute atomic E-state index is 4.46. The van der Waals surface area contributed by atoms with E-state index in [9.17, 15) is 0 Å². The van der Waals surface area contributed by atoms with Gasteiger partial charge >= 0.3 is 0 Å². The van der Waals surface area contributed by atoms with Crippen molar-refractivity contribution in [1.82, 2.24) is 14.8 Å². The van der Waals surface area contributed by atoms with Gasteiger partial charge in [0.25, 0.3) is 0 Å². The van der Waals surface area contributed by atoms with Crippen molar-refractivity contribution in [3.8, 4) is 0 Å². The maximum Gasteiger partial charge on any atom is 0.130 e. The van der Waals surface area contributed by atoms with Gasteiger partial charge in [-0.1, -0.05) is 13.8 Å². The van der Waals surface area contributed by atoms with E-state index in [2.05, 4.69) is 36.2 Å². The van der Waals surface area contributed by atoms with E-state index in [0.717, 1.165) is 17.2 Å². The predicted molar refractivity (Wildman–Crippen MR) is 69.6 cm³/mol. The summed E-state index contributed by atoms with van der Waals surface area (Å²) in [6.45, 7) is 6.33. The molecule has 4 heteroatoms. The van der Waals surface area contributed by atoms with E-state index >= 15 is 0 Å². The van der Waals surface area contributed by atoms with Gasteiger partial charge < -0.3 is 5.32 Å². The molecule has 0 radical (unpaired) electrons. The first-order chi connectivity index (χ1) is 8.06. The van der Waals surface area contributed by atoms with E-state index in [1.54, 1.807) is 0 Å². The molecule has 0 amide bonds. The molecule has 2 aromatic rings. The Bertz CT molecular complexity index is 514. The summed E-state index contributed by atoms with van der Waals surface area (Å²) in [7, 11) is 1.93. The van der Waals surface area contributed by atoms with Crippen LogP contribution >= 0.6 is 0 Å². The minimum atomic E-state index is 0.392. The molecule has 2 heterocycles.